The number of anilines is 2. The minimum absolute atomic E-state index is 0.208. The maximum atomic E-state index is 5.66. The largest absolute Gasteiger partial charge is 0.375 e. The standard InChI is InChI=1S/C16H22N6O/c1-12-11-22(9-10-23-12)15-14-13(3-2-4-18-14)19-16(20-15)21-7-5-17-6-8-21/h2-4,12,17H,5-11H2,1H3. The van der Waals surface area contributed by atoms with Crippen molar-refractivity contribution < 1.29 is 4.74 Å². The van der Waals surface area contributed by atoms with Crippen molar-refractivity contribution in [3.63, 3.8) is 0 Å². The van der Waals surface area contributed by atoms with Crippen LogP contribution in [0.15, 0.2) is 18.3 Å². The van der Waals surface area contributed by atoms with Crippen molar-refractivity contribution in [1.82, 2.24) is 20.3 Å². The summed E-state index contributed by atoms with van der Waals surface area (Å²) in [6, 6.07) is 3.95. The molecule has 2 aromatic rings. The molecule has 4 heterocycles. The second-order valence-corrected chi connectivity index (χ2v) is 6.08. The first-order valence-electron chi connectivity index (χ1n) is 8.26. The van der Waals surface area contributed by atoms with Crippen molar-refractivity contribution >= 4 is 22.8 Å². The molecule has 7 heteroatoms. The molecule has 2 aliphatic heterocycles. The molecule has 0 radical (unpaired) electrons. The summed E-state index contributed by atoms with van der Waals surface area (Å²) in [5.41, 5.74) is 1.78. The van der Waals surface area contributed by atoms with Gasteiger partial charge in [0.2, 0.25) is 5.95 Å². The van der Waals surface area contributed by atoms with Crippen LogP contribution in [-0.2, 0) is 4.74 Å². The van der Waals surface area contributed by atoms with Crippen LogP contribution >= 0.6 is 0 Å². The third-order valence-corrected chi connectivity index (χ3v) is 4.37. The van der Waals surface area contributed by atoms with Gasteiger partial charge in [-0.15, -0.1) is 0 Å². The molecular weight excluding hydrogens is 292 g/mol. The lowest BCUT2D eigenvalue weighted by Crippen LogP contribution is -2.45. The molecule has 4 rings (SSSR count). The van der Waals surface area contributed by atoms with Gasteiger partial charge < -0.3 is 19.9 Å². The van der Waals surface area contributed by atoms with E-state index in [1.165, 1.54) is 0 Å². The highest BCUT2D eigenvalue weighted by molar-refractivity contribution is 5.86. The number of ether oxygens (including phenoxy) is 1. The topological polar surface area (TPSA) is 66.4 Å². The van der Waals surface area contributed by atoms with E-state index in [1.54, 1.807) is 0 Å². The number of fused-ring (bicyclic) bond motifs is 1. The van der Waals surface area contributed by atoms with Crippen molar-refractivity contribution in [3.05, 3.63) is 18.3 Å². The fourth-order valence-electron chi connectivity index (χ4n) is 3.18. The number of piperazine rings is 1. The van der Waals surface area contributed by atoms with Gasteiger partial charge in [-0.3, -0.25) is 4.98 Å². The lowest BCUT2D eigenvalue weighted by atomic mass is 10.2. The van der Waals surface area contributed by atoms with E-state index < -0.39 is 0 Å². The Morgan fingerprint density at radius 1 is 1.17 bits per heavy atom. The average molecular weight is 314 g/mol. The molecule has 2 aliphatic rings. The van der Waals surface area contributed by atoms with Crippen LogP contribution in [0.1, 0.15) is 6.92 Å². The normalized spacial score (nSPS) is 22.6. The van der Waals surface area contributed by atoms with E-state index in [9.17, 15) is 0 Å². The van der Waals surface area contributed by atoms with E-state index in [2.05, 4.69) is 27.0 Å². The third-order valence-electron chi connectivity index (χ3n) is 4.37. The van der Waals surface area contributed by atoms with E-state index >= 15 is 0 Å². The molecule has 0 spiro atoms. The Bertz CT molecular complexity index is 687. The van der Waals surface area contributed by atoms with Crippen molar-refractivity contribution in [2.45, 2.75) is 13.0 Å². The minimum Gasteiger partial charge on any atom is -0.375 e. The van der Waals surface area contributed by atoms with Gasteiger partial charge in [0, 0.05) is 45.5 Å². The van der Waals surface area contributed by atoms with Crippen LogP contribution in [0.2, 0.25) is 0 Å². The first-order valence-corrected chi connectivity index (χ1v) is 8.26. The zero-order chi connectivity index (χ0) is 15.6. The van der Waals surface area contributed by atoms with Gasteiger partial charge in [-0.2, -0.15) is 4.98 Å². The molecular formula is C16H22N6O. The number of aromatic nitrogens is 3. The maximum absolute atomic E-state index is 5.66. The maximum Gasteiger partial charge on any atom is 0.228 e. The summed E-state index contributed by atoms with van der Waals surface area (Å²) in [7, 11) is 0. The van der Waals surface area contributed by atoms with Crippen LogP contribution in [0.3, 0.4) is 0 Å². The molecule has 1 N–H and O–H groups in total. The quantitative estimate of drug-likeness (QED) is 0.873. The summed E-state index contributed by atoms with van der Waals surface area (Å²) in [6.07, 6.45) is 2.02. The molecule has 2 fully saturated rings. The van der Waals surface area contributed by atoms with E-state index in [0.717, 1.165) is 68.7 Å². The highest BCUT2D eigenvalue weighted by Crippen LogP contribution is 2.26. The highest BCUT2D eigenvalue weighted by Gasteiger charge is 2.23. The van der Waals surface area contributed by atoms with Gasteiger partial charge in [-0.05, 0) is 19.1 Å². The van der Waals surface area contributed by atoms with Crippen molar-refractivity contribution in [2.75, 3.05) is 55.7 Å². The summed E-state index contributed by atoms with van der Waals surface area (Å²) >= 11 is 0. The smallest absolute Gasteiger partial charge is 0.228 e. The Morgan fingerprint density at radius 2 is 2.04 bits per heavy atom. The molecule has 0 aliphatic carbocycles. The number of nitrogens with one attached hydrogen (secondary N) is 1. The van der Waals surface area contributed by atoms with Gasteiger partial charge in [0.1, 0.15) is 5.52 Å². The Hall–Kier alpha value is -1.99. The SMILES string of the molecule is CC1CN(c2nc(N3CCNCC3)nc3cccnc23)CCO1. The summed E-state index contributed by atoms with van der Waals surface area (Å²) in [5.74, 6) is 1.74. The van der Waals surface area contributed by atoms with Crippen LogP contribution in [0.25, 0.3) is 11.0 Å². The molecule has 23 heavy (non-hydrogen) atoms. The second-order valence-electron chi connectivity index (χ2n) is 6.08. The van der Waals surface area contributed by atoms with Crippen LogP contribution in [0.4, 0.5) is 11.8 Å². The van der Waals surface area contributed by atoms with Gasteiger partial charge in [0.05, 0.1) is 18.2 Å². The number of pyridine rings is 1. The molecule has 0 amide bonds. The first-order chi connectivity index (χ1) is 11.3. The molecule has 122 valence electrons. The van der Waals surface area contributed by atoms with Crippen molar-refractivity contribution in [1.29, 1.82) is 0 Å². The van der Waals surface area contributed by atoms with Gasteiger partial charge in [-0.1, -0.05) is 0 Å². The number of morpholine rings is 1. The molecule has 1 unspecified atom stereocenters. The lowest BCUT2D eigenvalue weighted by Gasteiger charge is -2.33. The van der Waals surface area contributed by atoms with Gasteiger partial charge >= 0.3 is 0 Å². The van der Waals surface area contributed by atoms with Gasteiger partial charge in [0.15, 0.2) is 5.82 Å². The summed E-state index contributed by atoms with van der Waals surface area (Å²) in [4.78, 5) is 18.7. The average Bonchev–Trinajstić information content (AvgIpc) is 2.61. The molecule has 0 saturated carbocycles. The Kier molecular flexibility index (Phi) is 3.97. The summed E-state index contributed by atoms with van der Waals surface area (Å²) < 4.78 is 5.66. The van der Waals surface area contributed by atoms with E-state index in [-0.39, 0.29) is 6.10 Å². The van der Waals surface area contributed by atoms with Crippen LogP contribution in [0, 0.1) is 0 Å². The van der Waals surface area contributed by atoms with Gasteiger partial charge in [0.25, 0.3) is 0 Å². The zero-order valence-electron chi connectivity index (χ0n) is 13.4. The highest BCUT2D eigenvalue weighted by atomic mass is 16.5. The molecule has 1 atom stereocenters. The Labute approximate surface area is 135 Å². The van der Waals surface area contributed by atoms with Gasteiger partial charge in [-0.25, -0.2) is 4.98 Å². The third kappa shape index (κ3) is 2.94. The van der Waals surface area contributed by atoms with Crippen LogP contribution in [-0.4, -0.2) is 66.9 Å². The summed E-state index contributed by atoms with van der Waals surface area (Å²) in [6.45, 7) is 8.31. The monoisotopic (exact) mass is 314 g/mol. The summed E-state index contributed by atoms with van der Waals surface area (Å²) in [5, 5.41) is 3.37. The predicted octanol–water partition coefficient (Wildman–Crippen LogP) is 0.659. The lowest BCUT2D eigenvalue weighted by molar-refractivity contribution is 0.0530. The van der Waals surface area contributed by atoms with Crippen LogP contribution < -0.4 is 15.1 Å². The second kappa shape index (κ2) is 6.25. The minimum atomic E-state index is 0.208. The molecule has 7 nitrogen and oxygen atoms in total. The molecule has 0 aromatic carbocycles. The molecule has 0 bridgehead atoms. The Morgan fingerprint density at radius 3 is 2.87 bits per heavy atom. The Balaban J connectivity index is 1.77. The number of rotatable bonds is 2. The van der Waals surface area contributed by atoms with Crippen molar-refractivity contribution in [3.8, 4) is 0 Å². The zero-order valence-corrected chi connectivity index (χ0v) is 13.4. The molecule has 2 saturated heterocycles. The predicted molar refractivity (Wildman–Crippen MR) is 90.0 cm³/mol. The van der Waals surface area contributed by atoms with E-state index in [0.29, 0.717) is 0 Å². The van der Waals surface area contributed by atoms with Crippen molar-refractivity contribution in [2.24, 2.45) is 0 Å². The van der Waals surface area contributed by atoms with E-state index in [1.807, 2.05) is 18.3 Å². The van der Waals surface area contributed by atoms with Crippen LogP contribution in [0.5, 0.6) is 0 Å². The van der Waals surface area contributed by atoms with E-state index in [4.69, 9.17) is 14.7 Å². The fraction of sp³-hybridized carbons (Fsp3) is 0.562. The number of hydrogen-bond donors (Lipinski definition) is 1. The number of nitrogens with zero attached hydrogens (tertiary/aromatic N) is 5. The first kappa shape index (κ1) is 14.6. The number of hydrogen-bond acceptors (Lipinski definition) is 7. The fourth-order valence-corrected chi connectivity index (χ4v) is 3.18. The molecule has 2 aromatic heterocycles.